The van der Waals surface area contributed by atoms with Crippen molar-refractivity contribution in [2.75, 3.05) is 5.32 Å². The number of nitrogens with zero attached hydrogens (tertiary/aromatic N) is 3. The van der Waals surface area contributed by atoms with E-state index in [4.69, 9.17) is 0 Å². The fourth-order valence-corrected chi connectivity index (χ4v) is 3.69. The second-order valence-corrected chi connectivity index (χ2v) is 6.34. The number of nitrogens with one attached hydrogen (secondary N) is 1. The average molecular weight is 322 g/mol. The Morgan fingerprint density at radius 1 is 1.17 bits per heavy atom. The summed E-state index contributed by atoms with van der Waals surface area (Å²) in [5.41, 5.74) is 3.79. The van der Waals surface area contributed by atoms with Gasteiger partial charge in [-0.1, -0.05) is 29.5 Å². The molecule has 0 saturated heterocycles. The topological polar surface area (TPSA) is 59.3 Å². The molecule has 0 bridgehead atoms. The number of amides is 1. The molecule has 4 rings (SSSR count). The zero-order valence-electron chi connectivity index (χ0n) is 12.7. The fourth-order valence-electron chi connectivity index (χ4n) is 2.65. The maximum Gasteiger partial charge on any atom is 0.268 e. The normalized spacial score (nSPS) is 11.2. The van der Waals surface area contributed by atoms with Gasteiger partial charge < -0.3 is 5.32 Å². The van der Waals surface area contributed by atoms with E-state index >= 15 is 0 Å². The van der Waals surface area contributed by atoms with Gasteiger partial charge in [-0.2, -0.15) is 0 Å². The van der Waals surface area contributed by atoms with Crippen molar-refractivity contribution in [3.05, 3.63) is 58.7 Å². The zero-order valence-corrected chi connectivity index (χ0v) is 13.5. The summed E-state index contributed by atoms with van der Waals surface area (Å²) in [6.07, 6.45) is 1.67. The van der Waals surface area contributed by atoms with Crippen molar-refractivity contribution in [1.82, 2.24) is 14.4 Å². The molecule has 1 amide bonds. The molecule has 114 valence electrons. The molecule has 0 radical (unpaired) electrons. The highest BCUT2D eigenvalue weighted by molar-refractivity contribution is 7.19. The van der Waals surface area contributed by atoms with Gasteiger partial charge in [0.15, 0.2) is 4.96 Å². The number of carbonyl (C=O) groups excluding carboxylic acids is 1. The Kier molecular flexibility index (Phi) is 3.12. The fraction of sp³-hybridized carbons (Fsp3) is 0.118. The summed E-state index contributed by atoms with van der Waals surface area (Å²) in [5, 5.41) is 2.89. The Labute approximate surface area is 136 Å². The lowest BCUT2D eigenvalue weighted by atomic mass is 10.3. The Hall–Kier alpha value is -2.73. The minimum atomic E-state index is -0.149. The highest BCUT2D eigenvalue weighted by atomic mass is 32.1. The molecule has 1 N–H and O–H groups in total. The number of hydrogen-bond acceptors (Lipinski definition) is 4. The van der Waals surface area contributed by atoms with Crippen molar-refractivity contribution in [1.29, 1.82) is 0 Å². The maximum atomic E-state index is 12.6. The predicted molar refractivity (Wildman–Crippen MR) is 92.2 cm³/mol. The molecule has 23 heavy (non-hydrogen) atoms. The molecule has 1 aromatic carbocycles. The number of hydrogen-bond donors (Lipinski definition) is 1. The Morgan fingerprint density at radius 3 is 2.83 bits per heavy atom. The van der Waals surface area contributed by atoms with E-state index in [2.05, 4.69) is 15.3 Å². The number of benzene rings is 1. The van der Waals surface area contributed by atoms with Gasteiger partial charge in [0.25, 0.3) is 5.91 Å². The van der Waals surface area contributed by atoms with Gasteiger partial charge in [-0.05, 0) is 37.6 Å². The molecule has 3 aromatic heterocycles. The summed E-state index contributed by atoms with van der Waals surface area (Å²) in [4.78, 5) is 22.9. The first-order valence-electron chi connectivity index (χ1n) is 7.24. The molecule has 4 aromatic rings. The van der Waals surface area contributed by atoms with Crippen LogP contribution >= 0.6 is 11.3 Å². The minimum Gasteiger partial charge on any atom is -0.306 e. The van der Waals surface area contributed by atoms with E-state index < -0.39 is 0 Å². The number of pyridine rings is 1. The Bertz CT molecular complexity index is 1050. The molecule has 3 heterocycles. The molecule has 0 saturated carbocycles. The van der Waals surface area contributed by atoms with Crippen LogP contribution in [0.25, 0.3) is 16.0 Å². The number of anilines is 1. The van der Waals surface area contributed by atoms with Crippen LogP contribution in [0.1, 0.15) is 20.9 Å². The first-order valence-corrected chi connectivity index (χ1v) is 8.06. The number of carbonyl (C=O) groups is 1. The van der Waals surface area contributed by atoms with Crippen molar-refractivity contribution in [3.8, 4) is 0 Å². The summed E-state index contributed by atoms with van der Waals surface area (Å²) in [6, 6.07) is 11.7. The molecule has 0 atom stereocenters. The molecule has 0 aliphatic carbocycles. The van der Waals surface area contributed by atoms with Crippen LogP contribution in [0.2, 0.25) is 0 Å². The van der Waals surface area contributed by atoms with Gasteiger partial charge in [-0.15, -0.1) is 0 Å². The molecular weight excluding hydrogens is 308 g/mol. The summed E-state index contributed by atoms with van der Waals surface area (Å²) >= 11 is 1.39. The first-order chi connectivity index (χ1) is 11.1. The minimum absolute atomic E-state index is 0.149. The summed E-state index contributed by atoms with van der Waals surface area (Å²) in [7, 11) is 0. The number of para-hydroxylation sites is 2. The van der Waals surface area contributed by atoms with Crippen molar-refractivity contribution < 1.29 is 4.79 Å². The van der Waals surface area contributed by atoms with Gasteiger partial charge in [-0.3, -0.25) is 9.20 Å². The van der Waals surface area contributed by atoms with E-state index in [0.717, 1.165) is 27.3 Å². The third-order valence-electron chi connectivity index (χ3n) is 3.83. The lowest BCUT2D eigenvalue weighted by Gasteiger charge is -2.06. The second-order valence-electron chi connectivity index (χ2n) is 5.36. The van der Waals surface area contributed by atoms with E-state index in [9.17, 15) is 4.79 Å². The summed E-state index contributed by atoms with van der Waals surface area (Å²) < 4.78 is 2.03. The third-order valence-corrected chi connectivity index (χ3v) is 4.98. The zero-order chi connectivity index (χ0) is 16.0. The molecule has 0 aliphatic heterocycles. The smallest absolute Gasteiger partial charge is 0.268 e. The van der Waals surface area contributed by atoms with E-state index in [-0.39, 0.29) is 5.91 Å². The Morgan fingerprint density at radius 2 is 2.00 bits per heavy atom. The number of aromatic nitrogens is 3. The highest BCUT2D eigenvalue weighted by Gasteiger charge is 2.19. The number of fused-ring (bicyclic) bond motifs is 3. The van der Waals surface area contributed by atoms with E-state index in [1.165, 1.54) is 11.3 Å². The van der Waals surface area contributed by atoms with E-state index in [1.54, 1.807) is 6.20 Å². The number of aryl methyl sites for hydroxylation is 2. The van der Waals surface area contributed by atoms with Gasteiger partial charge >= 0.3 is 0 Å². The first kappa shape index (κ1) is 13.9. The van der Waals surface area contributed by atoms with Crippen LogP contribution in [-0.2, 0) is 0 Å². The largest absolute Gasteiger partial charge is 0.306 e. The maximum absolute atomic E-state index is 12.6. The van der Waals surface area contributed by atoms with Gasteiger partial charge in [0, 0.05) is 11.9 Å². The molecule has 6 heteroatoms. The van der Waals surface area contributed by atoms with Gasteiger partial charge in [0.1, 0.15) is 10.7 Å². The van der Waals surface area contributed by atoms with Gasteiger partial charge in [0.2, 0.25) is 0 Å². The quantitative estimate of drug-likeness (QED) is 0.610. The SMILES string of the molecule is Cc1cccnc1NC(=O)c1sc2nc3ccccc3n2c1C. The van der Waals surface area contributed by atoms with Gasteiger partial charge in [0.05, 0.1) is 11.0 Å². The third kappa shape index (κ3) is 2.19. The monoisotopic (exact) mass is 322 g/mol. The molecule has 0 fully saturated rings. The lowest BCUT2D eigenvalue weighted by Crippen LogP contribution is -2.13. The molecule has 0 aliphatic rings. The van der Waals surface area contributed by atoms with Crippen molar-refractivity contribution in [2.24, 2.45) is 0 Å². The molecule has 5 nitrogen and oxygen atoms in total. The average Bonchev–Trinajstić information content (AvgIpc) is 3.06. The van der Waals surface area contributed by atoms with Crippen LogP contribution in [0.15, 0.2) is 42.6 Å². The number of thiazole rings is 1. The van der Waals surface area contributed by atoms with Crippen LogP contribution in [0.5, 0.6) is 0 Å². The number of rotatable bonds is 2. The predicted octanol–water partition coefficient (Wildman–Crippen LogP) is 3.81. The highest BCUT2D eigenvalue weighted by Crippen LogP contribution is 2.28. The van der Waals surface area contributed by atoms with E-state index in [1.807, 2.05) is 54.6 Å². The summed E-state index contributed by atoms with van der Waals surface area (Å²) in [6.45, 7) is 3.86. The second kappa shape index (κ2) is 5.17. The lowest BCUT2D eigenvalue weighted by molar-refractivity contribution is 0.102. The molecular formula is C17H14N4OS. The number of imidazole rings is 1. The Balaban J connectivity index is 1.78. The van der Waals surface area contributed by atoms with Crippen LogP contribution in [0, 0.1) is 13.8 Å². The van der Waals surface area contributed by atoms with Crippen LogP contribution in [0.3, 0.4) is 0 Å². The van der Waals surface area contributed by atoms with Crippen molar-refractivity contribution >= 4 is 39.1 Å². The van der Waals surface area contributed by atoms with Crippen LogP contribution in [0.4, 0.5) is 5.82 Å². The van der Waals surface area contributed by atoms with Crippen LogP contribution in [-0.4, -0.2) is 20.3 Å². The van der Waals surface area contributed by atoms with Crippen LogP contribution < -0.4 is 5.32 Å². The van der Waals surface area contributed by atoms with Crippen molar-refractivity contribution in [3.63, 3.8) is 0 Å². The molecule has 0 unspecified atom stereocenters. The van der Waals surface area contributed by atoms with Gasteiger partial charge in [-0.25, -0.2) is 9.97 Å². The molecule has 0 spiro atoms. The van der Waals surface area contributed by atoms with E-state index in [0.29, 0.717) is 10.7 Å². The van der Waals surface area contributed by atoms with Crippen molar-refractivity contribution in [2.45, 2.75) is 13.8 Å². The standard InChI is InChI=1S/C17H14N4OS/c1-10-6-5-9-18-15(10)20-16(22)14-11(2)21-13-8-4-3-7-12(13)19-17(21)23-14/h3-9H,1-2H3,(H,18,20,22). The summed E-state index contributed by atoms with van der Waals surface area (Å²) in [5.74, 6) is 0.441.